The molecule has 0 radical (unpaired) electrons. The number of amides is 4. The van der Waals surface area contributed by atoms with E-state index in [0.717, 1.165) is 11.3 Å². The van der Waals surface area contributed by atoms with Gasteiger partial charge in [0.05, 0.1) is 0 Å². The van der Waals surface area contributed by atoms with Gasteiger partial charge in [0, 0.05) is 29.4 Å². The van der Waals surface area contributed by atoms with Crippen molar-refractivity contribution >= 4 is 51.4 Å². The third kappa shape index (κ3) is 5.84. The molecule has 0 spiro atoms. The number of urea groups is 1. The molecule has 0 aliphatic rings. The molecule has 0 saturated carbocycles. The highest BCUT2D eigenvalue weighted by Gasteiger charge is 2.13. The number of anilines is 4. The van der Waals surface area contributed by atoms with Crippen LogP contribution in [-0.2, 0) is 4.79 Å². The van der Waals surface area contributed by atoms with Crippen molar-refractivity contribution in [3.8, 4) is 0 Å². The third-order valence-corrected chi connectivity index (χ3v) is 4.28. The maximum atomic E-state index is 12.9. The Morgan fingerprint density at radius 1 is 0.828 bits per heavy atom. The van der Waals surface area contributed by atoms with E-state index in [2.05, 4.69) is 26.3 Å². The Balaban J connectivity index is 1.55. The largest absolute Gasteiger partial charge is 0.326 e. The molecular formula is C19H16FN5O3S. The number of hydrogen-bond donors (Lipinski definition) is 4. The van der Waals surface area contributed by atoms with E-state index in [9.17, 15) is 18.8 Å². The highest BCUT2D eigenvalue weighted by atomic mass is 32.1. The summed E-state index contributed by atoms with van der Waals surface area (Å²) in [5, 5.41) is 12.1. The summed E-state index contributed by atoms with van der Waals surface area (Å²) < 4.78 is 12.9. The zero-order valence-corrected chi connectivity index (χ0v) is 16.0. The van der Waals surface area contributed by atoms with Crippen LogP contribution in [0.3, 0.4) is 0 Å². The fraction of sp³-hybridized carbons (Fsp3) is 0.0526. The Labute approximate surface area is 169 Å². The Bertz CT molecular complexity index is 1030. The average molecular weight is 413 g/mol. The van der Waals surface area contributed by atoms with Crippen molar-refractivity contribution in [2.75, 3.05) is 21.3 Å². The van der Waals surface area contributed by atoms with E-state index in [4.69, 9.17) is 0 Å². The second-order valence-electron chi connectivity index (χ2n) is 5.84. The molecule has 0 aliphatic heterocycles. The molecular weight excluding hydrogens is 397 g/mol. The van der Waals surface area contributed by atoms with E-state index in [1.165, 1.54) is 36.6 Å². The zero-order valence-electron chi connectivity index (χ0n) is 15.2. The minimum Gasteiger partial charge on any atom is -0.326 e. The smallest absolute Gasteiger partial charge is 0.325 e. The van der Waals surface area contributed by atoms with Crippen LogP contribution in [-0.4, -0.2) is 22.8 Å². The zero-order chi connectivity index (χ0) is 20.8. The van der Waals surface area contributed by atoms with Gasteiger partial charge in [-0.05, 0) is 48.5 Å². The fourth-order valence-corrected chi connectivity index (χ4v) is 2.95. The molecule has 0 atom stereocenters. The van der Waals surface area contributed by atoms with Gasteiger partial charge in [0.15, 0.2) is 5.13 Å². The standard InChI is InChI=1S/C19H16FN5O3S/c1-11(26)21-13-6-8-14(9-7-13)22-17(27)16-10-29-19(24-16)25-18(28)23-15-4-2-12(20)3-5-15/h2-10H,1H3,(H,21,26)(H,22,27)(H2,23,24,25,28). The summed E-state index contributed by atoms with van der Waals surface area (Å²) in [5.41, 5.74) is 1.70. The van der Waals surface area contributed by atoms with Gasteiger partial charge in [0.2, 0.25) is 5.91 Å². The maximum absolute atomic E-state index is 12.9. The summed E-state index contributed by atoms with van der Waals surface area (Å²) in [7, 11) is 0. The van der Waals surface area contributed by atoms with Crippen molar-refractivity contribution in [3.63, 3.8) is 0 Å². The quantitative estimate of drug-likeness (QED) is 0.504. The molecule has 1 heterocycles. The first kappa shape index (κ1) is 20.0. The van der Waals surface area contributed by atoms with Gasteiger partial charge in [-0.25, -0.2) is 14.2 Å². The van der Waals surface area contributed by atoms with Crippen molar-refractivity contribution in [1.29, 1.82) is 0 Å². The average Bonchev–Trinajstić information content (AvgIpc) is 3.13. The molecule has 0 saturated heterocycles. The molecule has 2 aromatic carbocycles. The first-order valence-corrected chi connectivity index (χ1v) is 9.25. The SMILES string of the molecule is CC(=O)Nc1ccc(NC(=O)c2csc(NC(=O)Nc3ccc(F)cc3)n2)cc1. The number of carbonyl (C=O) groups excluding carboxylic acids is 3. The van der Waals surface area contributed by atoms with Crippen LogP contribution in [0.15, 0.2) is 53.9 Å². The minimum absolute atomic E-state index is 0.137. The monoisotopic (exact) mass is 413 g/mol. The second-order valence-corrected chi connectivity index (χ2v) is 6.69. The molecule has 3 aromatic rings. The number of thiazole rings is 1. The molecule has 0 bridgehead atoms. The molecule has 0 aliphatic carbocycles. The summed E-state index contributed by atoms with van der Waals surface area (Å²) in [6.45, 7) is 1.41. The summed E-state index contributed by atoms with van der Waals surface area (Å²) in [6, 6.07) is 11.3. The van der Waals surface area contributed by atoms with Crippen LogP contribution >= 0.6 is 11.3 Å². The lowest BCUT2D eigenvalue weighted by Gasteiger charge is -2.06. The second kappa shape index (κ2) is 8.93. The predicted octanol–water partition coefficient (Wildman–Crippen LogP) is 4.14. The Hall–Kier alpha value is -3.79. The van der Waals surface area contributed by atoms with Crippen molar-refractivity contribution in [2.24, 2.45) is 0 Å². The molecule has 0 unspecified atom stereocenters. The van der Waals surface area contributed by atoms with Crippen LogP contribution in [0.2, 0.25) is 0 Å². The molecule has 0 fully saturated rings. The topological polar surface area (TPSA) is 112 Å². The van der Waals surface area contributed by atoms with Crippen LogP contribution < -0.4 is 21.3 Å². The Morgan fingerprint density at radius 3 is 2.00 bits per heavy atom. The highest BCUT2D eigenvalue weighted by Crippen LogP contribution is 2.19. The van der Waals surface area contributed by atoms with Gasteiger partial charge < -0.3 is 16.0 Å². The van der Waals surface area contributed by atoms with Crippen LogP contribution in [0.5, 0.6) is 0 Å². The summed E-state index contributed by atoms with van der Waals surface area (Å²) in [6.07, 6.45) is 0. The van der Waals surface area contributed by atoms with Crippen LogP contribution in [0.4, 0.5) is 31.4 Å². The van der Waals surface area contributed by atoms with Crippen molar-refractivity contribution in [2.45, 2.75) is 6.92 Å². The molecule has 3 rings (SSSR count). The van der Waals surface area contributed by atoms with Gasteiger partial charge in [-0.1, -0.05) is 0 Å². The van der Waals surface area contributed by atoms with E-state index < -0.39 is 17.8 Å². The van der Waals surface area contributed by atoms with E-state index >= 15 is 0 Å². The van der Waals surface area contributed by atoms with Gasteiger partial charge in [-0.15, -0.1) is 11.3 Å². The Kier molecular flexibility index (Phi) is 6.15. The molecule has 10 heteroatoms. The molecule has 29 heavy (non-hydrogen) atoms. The maximum Gasteiger partial charge on any atom is 0.325 e. The highest BCUT2D eigenvalue weighted by molar-refractivity contribution is 7.14. The normalized spacial score (nSPS) is 10.1. The summed E-state index contributed by atoms with van der Waals surface area (Å²) in [5.74, 6) is -1.04. The summed E-state index contributed by atoms with van der Waals surface area (Å²) >= 11 is 1.09. The van der Waals surface area contributed by atoms with Crippen molar-refractivity contribution in [1.82, 2.24) is 4.98 Å². The number of nitrogens with zero attached hydrogens (tertiary/aromatic N) is 1. The first-order valence-electron chi connectivity index (χ1n) is 8.37. The minimum atomic E-state index is -0.563. The van der Waals surface area contributed by atoms with Gasteiger partial charge >= 0.3 is 6.03 Å². The molecule has 148 valence electrons. The molecule has 1 aromatic heterocycles. The lowest BCUT2D eigenvalue weighted by molar-refractivity contribution is -0.114. The fourth-order valence-electron chi connectivity index (χ4n) is 2.26. The number of nitrogens with one attached hydrogen (secondary N) is 4. The number of benzene rings is 2. The van der Waals surface area contributed by atoms with Crippen LogP contribution in [0, 0.1) is 5.82 Å². The molecule has 8 nitrogen and oxygen atoms in total. The van der Waals surface area contributed by atoms with E-state index in [0.29, 0.717) is 17.1 Å². The Morgan fingerprint density at radius 2 is 1.38 bits per heavy atom. The summed E-state index contributed by atoms with van der Waals surface area (Å²) in [4.78, 5) is 39.4. The van der Waals surface area contributed by atoms with Crippen molar-refractivity contribution < 1.29 is 18.8 Å². The third-order valence-electron chi connectivity index (χ3n) is 3.52. The van der Waals surface area contributed by atoms with Crippen LogP contribution in [0.1, 0.15) is 17.4 Å². The number of carbonyl (C=O) groups is 3. The van der Waals surface area contributed by atoms with E-state index in [1.54, 1.807) is 24.3 Å². The molecule has 4 amide bonds. The van der Waals surface area contributed by atoms with Crippen molar-refractivity contribution in [3.05, 3.63) is 65.4 Å². The lowest BCUT2D eigenvalue weighted by atomic mass is 10.2. The number of halogens is 1. The van der Waals surface area contributed by atoms with Gasteiger partial charge in [0.1, 0.15) is 11.5 Å². The van der Waals surface area contributed by atoms with Gasteiger partial charge in [0.25, 0.3) is 5.91 Å². The van der Waals surface area contributed by atoms with Gasteiger partial charge in [-0.3, -0.25) is 14.9 Å². The molecule has 4 N–H and O–H groups in total. The lowest BCUT2D eigenvalue weighted by Crippen LogP contribution is -2.19. The number of aromatic nitrogens is 1. The predicted molar refractivity (Wildman–Crippen MR) is 110 cm³/mol. The van der Waals surface area contributed by atoms with E-state index in [-0.39, 0.29) is 16.7 Å². The first-order chi connectivity index (χ1) is 13.9. The number of rotatable bonds is 5. The number of hydrogen-bond acceptors (Lipinski definition) is 5. The van der Waals surface area contributed by atoms with E-state index in [1.807, 2.05) is 0 Å². The van der Waals surface area contributed by atoms with Gasteiger partial charge in [-0.2, -0.15) is 0 Å². The van der Waals surface area contributed by atoms with Crippen LogP contribution in [0.25, 0.3) is 0 Å².